The predicted octanol–water partition coefficient (Wildman–Crippen LogP) is 4.97. The van der Waals surface area contributed by atoms with Crippen LogP contribution < -0.4 is 18.1 Å². The first kappa shape index (κ1) is 43.6. The number of anilines is 2. The third-order valence-corrected chi connectivity index (χ3v) is 13.2. The van der Waals surface area contributed by atoms with Crippen LogP contribution in [0.4, 0.5) is 11.4 Å². The number of aliphatic hydroxyl groups excluding tert-OH is 2. The molecule has 5 aromatic carbocycles. The van der Waals surface area contributed by atoms with Crippen molar-refractivity contribution in [3.05, 3.63) is 155 Å². The first-order chi connectivity index (χ1) is 28.6. The molecule has 0 bridgehead atoms. The number of phenols is 2. The normalized spacial score (nSPS) is 17.4. The summed E-state index contributed by atoms with van der Waals surface area (Å²) >= 11 is 0. The quantitative estimate of drug-likeness (QED) is 0.0882. The van der Waals surface area contributed by atoms with Crippen LogP contribution >= 0.6 is 0 Å². The largest absolute Gasteiger partial charge is 0.506 e. The topological polar surface area (TPSA) is 214 Å². The summed E-state index contributed by atoms with van der Waals surface area (Å²) in [7, 11) is -7.98. The van der Waals surface area contributed by atoms with Crippen molar-refractivity contribution in [2.75, 3.05) is 21.7 Å². The Morgan fingerprint density at radius 2 is 0.933 bits per heavy atom. The number of carbonyl (C=O) groups excluding carboxylic acids is 2. The SMILES string of the molecule is CCCC(Cc1ccc(N2CC(=O)NS2(=O)=O)c(O)c1)C(O)c1ccccc1.O=C1CN(c2ccc(CC(Cc3ccccc3)C(O)c3ccccc3)cc2O)S(=O)(=O)N1. The number of nitrogens with one attached hydrogen (secondary N) is 2. The molecule has 5 aromatic rings. The highest BCUT2D eigenvalue weighted by Crippen LogP contribution is 2.36. The molecule has 0 aromatic heterocycles. The molecule has 2 aliphatic rings. The van der Waals surface area contributed by atoms with Gasteiger partial charge in [0, 0.05) is 0 Å². The predicted molar refractivity (Wildman–Crippen MR) is 227 cm³/mol. The molecule has 4 unspecified atom stereocenters. The minimum absolute atomic E-state index is 0.0373. The van der Waals surface area contributed by atoms with E-state index >= 15 is 0 Å². The van der Waals surface area contributed by atoms with Gasteiger partial charge in [-0.1, -0.05) is 116 Å². The van der Waals surface area contributed by atoms with Crippen molar-refractivity contribution in [2.45, 2.75) is 51.2 Å². The van der Waals surface area contributed by atoms with Crippen molar-refractivity contribution < 1.29 is 46.9 Å². The van der Waals surface area contributed by atoms with Gasteiger partial charge in [0.2, 0.25) is 0 Å². The van der Waals surface area contributed by atoms with E-state index in [9.17, 15) is 46.9 Å². The van der Waals surface area contributed by atoms with Gasteiger partial charge in [0.05, 0.1) is 23.6 Å². The zero-order valence-corrected chi connectivity index (χ0v) is 34.5. The van der Waals surface area contributed by atoms with Crippen LogP contribution in [0.25, 0.3) is 0 Å². The van der Waals surface area contributed by atoms with E-state index in [0.717, 1.165) is 49.3 Å². The Kier molecular flexibility index (Phi) is 13.8. The van der Waals surface area contributed by atoms with Crippen molar-refractivity contribution in [3.63, 3.8) is 0 Å². The molecule has 6 N–H and O–H groups in total. The van der Waals surface area contributed by atoms with Crippen molar-refractivity contribution in [3.8, 4) is 11.5 Å². The first-order valence-corrected chi connectivity index (χ1v) is 22.3. The maximum atomic E-state index is 12.1. The number of phenolic OH excluding ortho intramolecular Hbond substituents is 2. The summed E-state index contributed by atoms with van der Waals surface area (Å²) in [6.07, 6.45) is 1.96. The second kappa shape index (κ2) is 19.0. The average Bonchev–Trinajstić information content (AvgIpc) is 3.67. The highest BCUT2D eigenvalue weighted by Gasteiger charge is 2.37. The molecule has 4 atom stereocenters. The molecule has 316 valence electrons. The zero-order chi connectivity index (χ0) is 43.0. The number of amides is 2. The minimum Gasteiger partial charge on any atom is -0.506 e. The number of hydrogen-bond donors (Lipinski definition) is 6. The summed E-state index contributed by atoms with van der Waals surface area (Å²) in [6, 6.07) is 38.1. The lowest BCUT2D eigenvalue weighted by Crippen LogP contribution is -2.29. The van der Waals surface area contributed by atoms with Crippen molar-refractivity contribution in [2.24, 2.45) is 11.8 Å². The van der Waals surface area contributed by atoms with Gasteiger partial charge in [0.1, 0.15) is 24.6 Å². The van der Waals surface area contributed by atoms with E-state index in [1.807, 2.05) is 107 Å². The van der Waals surface area contributed by atoms with Gasteiger partial charge in [-0.2, -0.15) is 16.8 Å². The molecular formula is C44H48N4O10S2. The summed E-state index contributed by atoms with van der Waals surface area (Å²) < 4.78 is 53.6. The third-order valence-electron chi connectivity index (χ3n) is 10.4. The Balaban J connectivity index is 0.000000203. The van der Waals surface area contributed by atoms with Gasteiger partial charge >= 0.3 is 20.4 Å². The maximum Gasteiger partial charge on any atom is 0.326 e. The standard InChI is InChI=1S/C24H24N2O5S.C20H24N2O5S/c27-22-15-18(11-12-21(22)26-16-23(28)25-32(26,30)31)14-20(13-17-7-3-1-4-8-17)24(29)19-9-5-2-6-10-19;1-2-6-16(20(25)15-7-4-3-5-8-15)11-14-9-10-17(18(23)12-14)22-13-19(24)21-28(22,26)27/h1-12,15,20,24,27,29H,13-14,16H2,(H,25,28);3-5,7-10,12,16,20,23,25H,2,6,11,13H2,1H3,(H,21,24). The average molecular weight is 857 g/mol. The lowest BCUT2D eigenvalue weighted by atomic mass is 9.85. The van der Waals surface area contributed by atoms with Crippen LogP contribution in [0.3, 0.4) is 0 Å². The molecule has 0 saturated carbocycles. The molecule has 0 aliphatic carbocycles. The lowest BCUT2D eigenvalue weighted by Gasteiger charge is -2.24. The molecule has 2 fully saturated rings. The molecule has 2 heterocycles. The van der Waals surface area contributed by atoms with Gasteiger partial charge in [-0.3, -0.25) is 9.59 Å². The van der Waals surface area contributed by atoms with Gasteiger partial charge in [-0.15, -0.1) is 0 Å². The molecule has 2 aliphatic heterocycles. The molecule has 0 radical (unpaired) electrons. The van der Waals surface area contributed by atoms with E-state index < -0.39 is 44.4 Å². The Labute approximate surface area is 350 Å². The summed E-state index contributed by atoms with van der Waals surface area (Å²) in [4.78, 5) is 22.9. The number of aromatic hydroxyl groups is 2. The number of hydrogen-bond acceptors (Lipinski definition) is 10. The highest BCUT2D eigenvalue weighted by molar-refractivity contribution is 7.92. The number of aliphatic hydroxyl groups is 2. The third kappa shape index (κ3) is 10.6. The Morgan fingerprint density at radius 3 is 1.32 bits per heavy atom. The van der Waals surface area contributed by atoms with E-state index in [0.29, 0.717) is 19.3 Å². The lowest BCUT2D eigenvalue weighted by molar-refractivity contribution is -0.118. The van der Waals surface area contributed by atoms with Crippen LogP contribution in [-0.2, 0) is 49.3 Å². The maximum absolute atomic E-state index is 12.1. The van der Waals surface area contributed by atoms with E-state index in [4.69, 9.17) is 0 Å². The van der Waals surface area contributed by atoms with Gasteiger partial charge in [-0.25, -0.2) is 18.1 Å². The van der Waals surface area contributed by atoms with Gasteiger partial charge in [0.25, 0.3) is 11.8 Å². The summed E-state index contributed by atoms with van der Waals surface area (Å²) in [5.41, 5.74) is 4.36. The summed E-state index contributed by atoms with van der Waals surface area (Å²) in [6.45, 7) is 1.31. The van der Waals surface area contributed by atoms with E-state index in [2.05, 4.69) is 0 Å². The number of carbonyl (C=O) groups is 2. The molecular weight excluding hydrogens is 809 g/mol. The van der Waals surface area contributed by atoms with Crippen LogP contribution in [0, 0.1) is 11.8 Å². The van der Waals surface area contributed by atoms with Gasteiger partial charge in [-0.05, 0) is 89.6 Å². The van der Waals surface area contributed by atoms with Crippen LogP contribution in [0.2, 0.25) is 0 Å². The highest BCUT2D eigenvalue weighted by atomic mass is 32.2. The van der Waals surface area contributed by atoms with Crippen molar-refractivity contribution in [1.82, 2.24) is 9.44 Å². The molecule has 7 rings (SSSR count). The smallest absolute Gasteiger partial charge is 0.326 e. The second-order valence-corrected chi connectivity index (χ2v) is 18.0. The van der Waals surface area contributed by atoms with E-state index in [-0.39, 0.29) is 47.8 Å². The zero-order valence-electron chi connectivity index (χ0n) is 32.8. The molecule has 2 saturated heterocycles. The van der Waals surface area contributed by atoms with Crippen LogP contribution in [0.15, 0.2) is 127 Å². The molecule has 16 heteroatoms. The number of nitrogens with zero attached hydrogens (tertiary/aromatic N) is 2. The fourth-order valence-corrected chi connectivity index (χ4v) is 9.87. The Morgan fingerprint density at radius 1 is 0.550 bits per heavy atom. The molecule has 0 spiro atoms. The summed E-state index contributed by atoms with van der Waals surface area (Å²) in [5.74, 6) is -1.97. The van der Waals surface area contributed by atoms with Crippen LogP contribution in [0.1, 0.15) is 59.8 Å². The minimum atomic E-state index is -4.00. The molecule has 2 amide bonds. The first-order valence-electron chi connectivity index (χ1n) is 19.5. The number of rotatable bonds is 14. The summed E-state index contributed by atoms with van der Waals surface area (Å²) in [5, 5.41) is 42.8. The second-order valence-electron chi connectivity index (χ2n) is 14.8. The van der Waals surface area contributed by atoms with Crippen molar-refractivity contribution in [1.29, 1.82) is 0 Å². The fourth-order valence-electron chi connectivity index (χ4n) is 7.54. The van der Waals surface area contributed by atoms with E-state index in [1.165, 1.54) is 24.3 Å². The van der Waals surface area contributed by atoms with Crippen LogP contribution in [-0.4, -0.2) is 62.2 Å². The monoisotopic (exact) mass is 856 g/mol. The molecule has 14 nitrogen and oxygen atoms in total. The van der Waals surface area contributed by atoms with Gasteiger partial charge in [0.15, 0.2) is 0 Å². The molecule has 60 heavy (non-hydrogen) atoms. The van der Waals surface area contributed by atoms with E-state index in [1.54, 1.807) is 12.1 Å². The van der Waals surface area contributed by atoms with Crippen LogP contribution in [0.5, 0.6) is 11.5 Å². The Bertz CT molecular complexity index is 2490. The van der Waals surface area contributed by atoms with Gasteiger partial charge < -0.3 is 20.4 Å². The Hall–Kier alpha value is -5.94. The number of benzene rings is 5. The van der Waals surface area contributed by atoms with Crippen molar-refractivity contribution >= 4 is 43.6 Å². The fraction of sp³-hybridized carbons (Fsp3) is 0.273.